The van der Waals surface area contributed by atoms with Crippen LogP contribution in [0.3, 0.4) is 0 Å². The maximum absolute atomic E-state index is 5.87. The van der Waals surface area contributed by atoms with Gasteiger partial charge in [-0.2, -0.15) is 0 Å². The molecule has 0 atom stereocenters. The zero-order chi connectivity index (χ0) is 42.6. The molecule has 12 rings (SSSR count). The molecule has 64 heavy (non-hydrogen) atoms. The van der Waals surface area contributed by atoms with Crippen LogP contribution in [0.2, 0.25) is 0 Å². The van der Waals surface area contributed by atoms with Gasteiger partial charge in [0.15, 0.2) is 0 Å². The summed E-state index contributed by atoms with van der Waals surface area (Å²) in [5.74, 6) is 2.74. The zero-order valence-corrected chi connectivity index (χ0v) is 34.9. The Labute approximate surface area is 370 Å². The molecule has 0 amide bonds. The van der Waals surface area contributed by atoms with Crippen molar-refractivity contribution in [3.8, 4) is 46.1 Å². The lowest BCUT2D eigenvalue weighted by atomic mass is 9.99. The lowest BCUT2D eigenvalue weighted by Gasteiger charge is -2.18. The topological polar surface area (TPSA) is 27.7 Å². The molecule has 4 nitrogen and oxygen atoms in total. The fourth-order valence-electron chi connectivity index (χ4n) is 9.85. The Morgan fingerprint density at radius 1 is 0.469 bits per heavy atom. The van der Waals surface area contributed by atoms with Gasteiger partial charge in [-0.15, -0.1) is 6.42 Å². The maximum atomic E-state index is 5.87. The summed E-state index contributed by atoms with van der Waals surface area (Å²) in [6.45, 7) is 0. The summed E-state index contributed by atoms with van der Waals surface area (Å²) < 4.78 is 7.12. The second kappa shape index (κ2) is 15.4. The van der Waals surface area contributed by atoms with Crippen LogP contribution in [0.1, 0.15) is 5.69 Å². The van der Waals surface area contributed by atoms with Crippen molar-refractivity contribution in [3.05, 3.63) is 230 Å². The number of para-hydroxylation sites is 6. The van der Waals surface area contributed by atoms with Crippen LogP contribution >= 0.6 is 0 Å². The third-order valence-corrected chi connectivity index (χ3v) is 12.6. The minimum atomic E-state index is 0.566. The van der Waals surface area contributed by atoms with Crippen molar-refractivity contribution < 1.29 is 0 Å². The third kappa shape index (κ3) is 6.06. The number of allylic oxidation sites excluding steroid dienone is 4. The summed E-state index contributed by atoms with van der Waals surface area (Å²) >= 11 is 0. The Morgan fingerprint density at radius 2 is 0.938 bits per heavy atom. The number of hydrogen-bond acceptors (Lipinski definition) is 1. The van der Waals surface area contributed by atoms with Crippen molar-refractivity contribution in [1.82, 2.24) is 18.7 Å². The zero-order valence-electron chi connectivity index (χ0n) is 34.9. The van der Waals surface area contributed by atoms with Crippen LogP contribution in [-0.4, -0.2) is 18.7 Å². The predicted molar refractivity (Wildman–Crippen MR) is 269 cm³/mol. The van der Waals surface area contributed by atoms with E-state index in [4.69, 9.17) is 11.4 Å². The minimum Gasteiger partial charge on any atom is -0.310 e. The summed E-state index contributed by atoms with van der Waals surface area (Å²) in [7, 11) is 0. The first-order valence-electron chi connectivity index (χ1n) is 21.7. The molecule has 8 aromatic carbocycles. The SMILES string of the molecule is C#C/C=C\C(=C/Cc1cc(-c2ccccc2)cc(-c2cc(-n3c4ccccc4c4ccccc43)ccc2-n2c3ccccc3c3ccccc32)n1)n1c2ccccc2c2ccccc21. The lowest BCUT2D eigenvalue weighted by Crippen LogP contribution is -2.03. The van der Waals surface area contributed by atoms with E-state index in [0.29, 0.717) is 6.42 Å². The molecule has 300 valence electrons. The van der Waals surface area contributed by atoms with Gasteiger partial charge in [-0.05, 0) is 90.0 Å². The first-order chi connectivity index (χ1) is 31.7. The molecule has 4 aromatic heterocycles. The van der Waals surface area contributed by atoms with Crippen LogP contribution in [0.25, 0.3) is 105 Å². The second-order valence-corrected chi connectivity index (χ2v) is 16.2. The van der Waals surface area contributed by atoms with E-state index >= 15 is 0 Å². The largest absolute Gasteiger partial charge is 0.310 e. The fourth-order valence-corrected chi connectivity index (χ4v) is 9.85. The highest BCUT2D eigenvalue weighted by Gasteiger charge is 2.20. The average Bonchev–Trinajstić information content (AvgIpc) is 4.00. The molecule has 0 fully saturated rings. The van der Waals surface area contributed by atoms with Crippen LogP contribution < -0.4 is 0 Å². The number of rotatable bonds is 8. The maximum Gasteiger partial charge on any atom is 0.0733 e. The molecular formula is C60H40N4. The molecule has 0 spiro atoms. The van der Waals surface area contributed by atoms with Crippen molar-refractivity contribution in [3.63, 3.8) is 0 Å². The molecule has 4 heteroatoms. The number of fused-ring (bicyclic) bond motifs is 9. The van der Waals surface area contributed by atoms with Crippen LogP contribution in [0.5, 0.6) is 0 Å². The van der Waals surface area contributed by atoms with Crippen LogP contribution in [0.4, 0.5) is 0 Å². The van der Waals surface area contributed by atoms with Crippen LogP contribution in [0, 0.1) is 12.3 Å². The molecule has 0 aliphatic rings. The van der Waals surface area contributed by atoms with E-state index in [0.717, 1.165) is 78.3 Å². The van der Waals surface area contributed by atoms with E-state index in [1.165, 1.54) is 32.3 Å². The Morgan fingerprint density at radius 3 is 1.47 bits per heavy atom. The Hall–Kier alpha value is -8.65. The highest BCUT2D eigenvalue weighted by atomic mass is 15.0. The Bertz CT molecular complexity index is 3720. The lowest BCUT2D eigenvalue weighted by molar-refractivity contribution is 1.09. The van der Waals surface area contributed by atoms with Crippen molar-refractivity contribution in [2.75, 3.05) is 0 Å². The number of hydrogen-bond donors (Lipinski definition) is 0. The van der Waals surface area contributed by atoms with Gasteiger partial charge in [0.2, 0.25) is 0 Å². The summed E-state index contributed by atoms with van der Waals surface area (Å²) in [5.41, 5.74) is 15.1. The number of terminal acetylenes is 1. The second-order valence-electron chi connectivity index (χ2n) is 16.2. The molecule has 0 N–H and O–H groups in total. The molecular weight excluding hydrogens is 777 g/mol. The van der Waals surface area contributed by atoms with E-state index in [2.05, 4.69) is 232 Å². The number of aromatic nitrogens is 4. The van der Waals surface area contributed by atoms with E-state index in [-0.39, 0.29) is 0 Å². The Kier molecular flexibility index (Phi) is 8.91. The smallest absolute Gasteiger partial charge is 0.0733 e. The van der Waals surface area contributed by atoms with Gasteiger partial charge in [0, 0.05) is 61.4 Å². The van der Waals surface area contributed by atoms with E-state index < -0.39 is 0 Å². The van der Waals surface area contributed by atoms with E-state index in [1.54, 1.807) is 6.08 Å². The van der Waals surface area contributed by atoms with Gasteiger partial charge in [0.05, 0.1) is 44.5 Å². The predicted octanol–water partition coefficient (Wildman–Crippen LogP) is 15.0. The van der Waals surface area contributed by atoms with Crippen LogP contribution in [0.15, 0.2) is 224 Å². The van der Waals surface area contributed by atoms with Crippen molar-refractivity contribution in [2.24, 2.45) is 0 Å². The molecule has 0 aliphatic heterocycles. The van der Waals surface area contributed by atoms with E-state index in [1.807, 2.05) is 6.08 Å². The fraction of sp³-hybridized carbons (Fsp3) is 0.0167. The van der Waals surface area contributed by atoms with Gasteiger partial charge >= 0.3 is 0 Å². The summed E-state index contributed by atoms with van der Waals surface area (Å²) in [4.78, 5) is 5.62. The van der Waals surface area contributed by atoms with Gasteiger partial charge in [0.1, 0.15) is 0 Å². The summed E-state index contributed by atoms with van der Waals surface area (Å²) in [5, 5.41) is 7.27. The van der Waals surface area contributed by atoms with Gasteiger partial charge in [-0.25, -0.2) is 0 Å². The van der Waals surface area contributed by atoms with E-state index in [9.17, 15) is 0 Å². The molecule has 0 saturated heterocycles. The normalized spacial score (nSPS) is 12.1. The molecule has 0 aliphatic carbocycles. The molecule has 12 aromatic rings. The van der Waals surface area contributed by atoms with Gasteiger partial charge in [-0.1, -0.05) is 152 Å². The quantitative estimate of drug-likeness (QED) is 0.111. The monoisotopic (exact) mass is 816 g/mol. The molecule has 4 heterocycles. The van der Waals surface area contributed by atoms with Gasteiger partial charge in [0.25, 0.3) is 0 Å². The van der Waals surface area contributed by atoms with Gasteiger partial charge in [-0.3, -0.25) is 4.98 Å². The standard InChI is InChI=1S/C60H40N4/c1-2-3-21-44(62-54-28-13-7-22-46(54)47-23-8-14-29-55(47)62)35-34-43-38-42(41-19-5-4-6-20-41)39-53(61-43)52-40-45(63-56-30-15-9-24-48(56)49-25-10-16-31-57(49)63)36-37-60(52)64-58-32-17-11-26-50(58)51-27-12-18-33-59(51)64/h1,3-33,35-40H,34H2/b21-3-,44-35+. The van der Waals surface area contributed by atoms with Crippen LogP contribution in [-0.2, 0) is 6.42 Å². The van der Waals surface area contributed by atoms with Crippen molar-refractivity contribution >= 4 is 71.1 Å². The molecule has 0 radical (unpaired) electrons. The van der Waals surface area contributed by atoms with Crippen molar-refractivity contribution in [1.29, 1.82) is 0 Å². The first kappa shape index (κ1) is 37.1. The summed E-state index contributed by atoms with van der Waals surface area (Å²) in [6.07, 6.45) is 12.5. The first-order valence-corrected chi connectivity index (χ1v) is 21.7. The number of pyridine rings is 1. The highest BCUT2D eigenvalue weighted by molar-refractivity contribution is 6.12. The highest BCUT2D eigenvalue weighted by Crippen LogP contribution is 2.40. The minimum absolute atomic E-state index is 0.566. The average molecular weight is 817 g/mol. The summed E-state index contributed by atoms with van der Waals surface area (Å²) in [6, 6.07) is 74.0. The third-order valence-electron chi connectivity index (χ3n) is 12.6. The Balaban J connectivity index is 1.12. The van der Waals surface area contributed by atoms with Crippen molar-refractivity contribution in [2.45, 2.75) is 6.42 Å². The molecule has 0 bridgehead atoms. The molecule has 0 unspecified atom stereocenters. The molecule has 0 saturated carbocycles. The van der Waals surface area contributed by atoms with Gasteiger partial charge < -0.3 is 13.7 Å². The number of nitrogens with zero attached hydrogens (tertiary/aromatic N) is 4. The number of benzene rings is 8.